The highest BCUT2D eigenvalue weighted by atomic mass is 19.1. The Bertz CT molecular complexity index is 403. The molecule has 18 heavy (non-hydrogen) atoms. The monoisotopic (exact) mass is 253 g/mol. The Labute approximate surface area is 107 Å². The Kier molecular flexibility index (Phi) is 4.67. The van der Waals surface area contributed by atoms with Crippen molar-refractivity contribution in [1.82, 2.24) is 4.90 Å². The number of rotatable bonds is 4. The minimum absolute atomic E-state index is 0.130. The molecule has 0 spiro atoms. The SMILES string of the molecule is CN(CC(C)(C)CN)C(=O)Nc1ccc(F)cc1. The zero-order valence-electron chi connectivity index (χ0n) is 11.0. The van der Waals surface area contributed by atoms with Gasteiger partial charge in [-0.3, -0.25) is 0 Å². The Morgan fingerprint density at radius 3 is 2.44 bits per heavy atom. The fourth-order valence-electron chi connectivity index (χ4n) is 1.53. The van der Waals surface area contributed by atoms with Crippen LogP contribution in [0.2, 0.25) is 0 Å². The molecule has 0 saturated heterocycles. The molecule has 0 unspecified atom stereocenters. The second-order valence-corrected chi connectivity index (χ2v) is 5.16. The van der Waals surface area contributed by atoms with Gasteiger partial charge in [0.05, 0.1) is 0 Å². The fourth-order valence-corrected chi connectivity index (χ4v) is 1.53. The maximum atomic E-state index is 12.7. The van der Waals surface area contributed by atoms with Crippen LogP contribution in [0.4, 0.5) is 14.9 Å². The van der Waals surface area contributed by atoms with Gasteiger partial charge in [-0.1, -0.05) is 13.8 Å². The molecular weight excluding hydrogens is 233 g/mol. The molecular formula is C13H20FN3O. The highest BCUT2D eigenvalue weighted by molar-refractivity contribution is 5.89. The molecule has 100 valence electrons. The van der Waals surface area contributed by atoms with E-state index in [0.29, 0.717) is 18.8 Å². The lowest BCUT2D eigenvalue weighted by molar-refractivity contribution is 0.197. The van der Waals surface area contributed by atoms with Gasteiger partial charge in [-0.2, -0.15) is 0 Å². The number of anilines is 1. The molecule has 0 saturated carbocycles. The molecule has 0 atom stereocenters. The predicted molar refractivity (Wildman–Crippen MR) is 70.9 cm³/mol. The number of benzene rings is 1. The second-order valence-electron chi connectivity index (χ2n) is 5.16. The van der Waals surface area contributed by atoms with E-state index in [1.54, 1.807) is 11.9 Å². The van der Waals surface area contributed by atoms with Crippen LogP contribution < -0.4 is 11.1 Å². The molecule has 1 aromatic rings. The van der Waals surface area contributed by atoms with E-state index in [4.69, 9.17) is 5.73 Å². The molecule has 0 radical (unpaired) electrons. The van der Waals surface area contributed by atoms with E-state index in [-0.39, 0.29) is 17.3 Å². The van der Waals surface area contributed by atoms with Crippen LogP contribution in [0, 0.1) is 11.2 Å². The van der Waals surface area contributed by atoms with E-state index in [0.717, 1.165) is 0 Å². The molecule has 0 fully saturated rings. The van der Waals surface area contributed by atoms with Gasteiger partial charge in [0.25, 0.3) is 0 Å². The number of hydrogen-bond donors (Lipinski definition) is 2. The first kappa shape index (κ1) is 14.4. The van der Waals surface area contributed by atoms with Gasteiger partial charge in [-0.15, -0.1) is 0 Å². The zero-order valence-corrected chi connectivity index (χ0v) is 11.0. The van der Waals surface area contributed by atoms with Crippen molar-refractivity contribution < 1.29 is 9.18 Å². The zero-order chi connectivity index (χ0) is 13.8. The predicted octanol–water partition coefficient (Wildman–Crippen LogP) is 2.27. The summed E-state index contributed by atoms with van der Waals surface area (Å²) in [7, 11) is 1.70. The maximum absolute atomic E-state index is 12.7. The summed E-state index contributed by atoms with van der Waals surface area (Å²) >= 11 is 0. The summed E-state index contributed by atoms with van der Waals surface area (Å²) in [6, 6.07) is 5.42. The third kappa shape index (κ3) is 4.33. The fraction of sp³-hybridized carbons (Fsp3) is 0.462. The molecule has 0 aliphatic rings. The van der Waals surface area contributed by atoms with E-state index in [1.165, 1.54) is 24.3 Å². The Morgan fingerprint density at radius 2 is 1.94 bits per heavy atom. The topological polar surface area (TPSA) is 58.4 Å². The summed E-state index contributed by atoms with van der Waals surface area (Å²) in [4.78, 5) is 13.4. The van der Waals surface area contributed by atoms with Crippen molar-refractivity contribution in [2.45, 2.75) is 13.8 Å². The number of amides is 2. The first-order valence-corrected chi connectivity index (χ1v) is 5.82. The first-order chi connectivity index (χ1) is 8.34. The molecule has 0 aliphatic heterocycles. The molecule has 0 bridgehead atoms. The lowest BCUT2D eigenvalue weighted by Crippen LogP contribution is -2.41. The van der Waals surface area contributed by atoms with E-state index >= 15 is 0 Å². The number of urea groups is 1. The third-order valence-electron chi connectivity index (χ3n) is 2.66. The minimum atomic E-state index is -0.328. The molecule has 1 rings (SSSR count). The Balaban J connectivity index is 2.57. The summed E-state index contributed by atoms with van der Waals surface area (Å²) in [6.07, 6.45) is 0. The van der Waals surface area contributed by atoms with Crippen LogP contribution in [-0.2, 0) is 0 Å². The number of carbonyl (C=O) groups is 1. The molecule has 2 amide bonds. The van der Waals surface area contributed by atoms with Gasteiger partial charge in [-0.05, 0) is 36.2 Å². The van der Waals surface area contributed by atoms with Crippen LogP contribution in [0.3, 0.4) is 0 Å². The molecule has 0 aromatic heterocycles. The van der Waals surface area contributed by atoms with Crippen molar-refractivity contribution in [3.05, 3.63) is 30.1 Å². The smallest absolute Gasteiger partial charge is 0.321 e. The summed E-state index contributed by atoms with van der Waals surface area (Å²) in [6.45, 7) is 5.04. The van der Waals surface area contributed by atoms with Crippen molar-refractivity contribution in [1.29, 1.82) is 0 Å². The molecule has 0 heterocycles. The molecule has 4 nitrogen and oxygen atoms in total. The number of hydrogen-bond acceptors (Lipinski definition) is 2. The Hall–Kier alpha value is -1.62. The lowest BCUT2D eigenvalue weighted by Gasteiger charge is -2.29. The van der Waals surface area contributed by atoms with Crippen LogP contribution in [-0.4, -0.2) is 31.1 Å². The standard InChI is InChI=1S/C13H20FN3O/c1-13(2,8-15)9-17(3)12(18)16-11-6-4-10(14)5-7-11/h4-7H,8-9,15H2,1-3H3,(H,16,18). The van der Waals surface area contributed by atoms with Crippen molar-refractivity contribution in [2.75, 3.05) is 25.5 Å². The number of nitrogens with one attached hydrogen (secondary N) is 1. The van der Waals surface area contributed by atoms with Crippen molar-refractivity contribution in [3.8, 4) is 0 Å². The van der Waals surface area contributed by atoms with Crippen LogP contribution in [0.25, 0.3) is 0 Å². The van der Waals surface area contributed by atoms with Crippen molar-refractivity contribution in [2.24, 2.45) is 11.1 Å². The summed E-state index contributed by atoms with van der Waals surface area (Å²) < 4.78 is 12.7. The number of nitrogens with two attached hydrogens (primary N) is 1. The van der Waals surface area contributed by atoms with Crippen LogP contribution in [0.5, 0.6) is 0 Å². The first-order valence-electron chi connectivity index (χ1n) is 5.82. The molecule has 1 aromatic carbocycles. The largest absolute Gasteiger partial charge is 0.330 e. The van der Waals surface area contributed by atoms with Gasteiger partial charge in [0.1, 0.15) is 5.82 Å². The number of nitrogens with zero attached hydrogens (tertiary/aromatic N) is 1. The minimum Gasteiger partial charge on any atom is -0.330 e. The summed E-state index contributed by atoms with van der Waals surface area (Å²) in [5.74, 6) is -0.328. The van der Waals surface area contributed by atoms with Gasteiger partial charge in [0.15, 0.2) is 0 Å². The van der Waals surface area contributed by atoms with Crippen LogP contribution in [0.1, 0.15) is 13.8 Å². The quantitative estimate of drug-likeness (QED) is 0.864. The molecule has 0 aliphatic carbocycles. The van der Waals surface area contributed by atoms with Gasteiger partial charge in [-0.25, -0.2) is 9.18 Å². The van der Waals surface area contributed by atoms with E-state index in [9.17, 15) is 9.18 Å². The Morgan fingerprint density at radius 1 is 1.39 bits per heavy atom. The number of halogens is 1. The lowest BCUT2D eigenvalue weighted by atomic mass is 9.93. The maximum Gasteiger partial charge on any atom is 0.321 e. The normalized spacial score (nSPS) is 11.2. The average Bonchev–Trinajstić information content (AvgIpc) is 2.31. The second kappa shape index (κ2) is 5.82. The van der Waals surface area contributed by atoms with Gasteiger partial charge < -0.3 is 16.0 Å². The molecule has 5 heteroatoms. The van der Waals surface area contributed by atoms with Crippen molar-refractivity contribution >= 4 is 11.7 Å². The average molecular weight is 253 g/mol. The number of carbonyl (C=O) groups excluding carboxylic acids is 1. The van der Waals surface area contributed by atoms with E-state index in [1.807, 2.05) is 13.8 Å². The summed E-state index contributed by atoms with van der Waals surface area (Å²) in [5.41, 5.74) is 6.06. The van der Waals surface area contributed by atoms with Crippen LogP contribution >= 0.6 is 0 Å². The highest BCUT2D eigenvalue weighted by Gasteiger charge is 2.21. The van der Waals surface area contributed by atoms with E-state index < -0.39 is 0 Å². The third-order valence-corrected chi connectivity index (χ3v) is 2.66. The van der Waals surface area contributed by atoms with Crippen LogP contribution in [0.15, 0.2) is 24.3 Å². The van der Waals surface area contributed by atoms with Gasteiger partial charge in [0.2, 0.25) is 0 Å². The van der Waals surface area contributed by atoms with Gasteiger partial charge >= 0.3 is 6.03 Å². The van der Waals surface area contributed by atoms with Crippen molar-refractivity contribution in [3.63, 3.8) is 0 Å². The highest BCUT2D eigenvalue weighted by Crippen LogP contribution is 2.15. The summed E-state index contributed by atoms with van der Waals surface area (Å²) in [5, 5.41) is 2.70. The van der Waals surface area contributed by atoms with Gasteiger partial charge in [0, 0.05) is 19.3 Å². The molecule has 3 N–H and O–H groups in total. The van der Waals surface area contributed by atoms with E-state index in [2.05, 4.69) is 5.32 Å².